The molecule has 0 saturated carbocycles. The molecule has 2 aromatic carbocycles. The number of thioether (sulfide) groups is 1. The normalized spacial score (nSPS) is 14.2. The monoisotopic (exact) mass is 500 g/mol. The maximum absolute atomic E-state index is 11.7. The van der Waals surface area contributed by atoms with Crippen molar-refractivity contribution in [3.63, 3.8) is 0 Å². The fourth-order valence-corrected chi connectivity index (χ4v) is 4.03. The molecule has 1 fully saturated rings. The topological polar surface area (TPSA) is 155 Å². The number of nitrogens with zero attached hydrogens (tertiary/aromatic N) is 1. The molecule has 5 N–H and O–H groups in total. The van der Waals surface area contributed by atoms with Crippen LogP contribution in [0.25, 0.3) is 0 Å². The van der Waals surface area contributed by atoms with Gasteiger partial charge in [0.15, 0.2) is 5.17 Å². The van der Waals surface area contributed by atoms with Gasteiger partial charge >= 0.3 is 0 Å². The summed E-state index contributed by atoms with van der Waals surface area (Å²) in [6, 6.07) is 10.4. The molecular formula is C24H28N4O6S. The van der Waals surface area contributed by atoms with Crippen LogP contribution in [0.15, 0.2) is 41.4 Å². The Hall–Kier alpha value is -3.41. The SMILES string of the molecule is Cc1ccc(N=C2NC(=O)CS2)cc1OCCOCCOCCc1cccc(C(N)=O)c1C(N)=O. The molecule has 1 aliphatic heterocycles. The van der Waals surface area contributed by atoms with E-state index in [1.807, 2.05) is 25.1 Å². The van der Waals surface area contributed by atoms with Crippen LogP contribution in [0.1, 0.15) is 31.8 Å². The summed E-state index contributed by atoms with van der Waals surface area (Å²) in [5, 5.41) is 3.29. The van der Waals surface area contributed by atoms with E-state index in [9.17, 15) is 14.4 Å². The van der Waals surface area contributed by atoms with Crippen molar-refractivity contribution >= 4 is 40.3 Å². The van der Waals surface area contributed by atoms with Gasteiger partial charge in [-0.15, -0.1) is 0 Å². The molecule has 0 radical (unpaired) electrons. The number of benzene rings is 2. The lowest BCUT2D eigenvalue weighted by Gasteiger charge is -2.12. The van der Waals surface area contributed by atoms with E-state index in [0.29, 0.717) is 67.4 Å². The van der Waals surface area contributed by atoms with Gasteiger partial charge in [-0.2, -0.15) is 0 Å². The third kappa shape index (κ3) is 7.81. The Labute approximate surface area is 207 Å². The molecule has 35 heavy (non-hydrogen) atoms. The van der Waals surface area contributed by atoms with Crippen LogP contribution >= 0.6 is 11.8 Å². The summed E-state index contributed by atoms with van der Waals surface area (Å²) in [4.78, 5) is 39.0. The number of nitrogens with one attached hydrogen (secondary N) is 1. The minimum atomic E-state index is -0.700. The third-order valence-corrected chi connectivity index (χ3v) is 5.90. The van der Waals surface area contributed by atoms with E-state index in [0.717, 1.165) is 5.56 Å². The maximum atomic E-state index is 11.7. The largest absolute Gasteiger partial charge is 0.491 e. The van der Waals surface area contributed by atoms with E-state index in [1.165, 1.54) is 17.8 Å². The second-order valence-electron chi connectivity index (χ2n) is 7.60. The number of hydrogen-bond acceptors (Lipinski definition) is 8. The predicted molar refractivity (Wildman–Crippen MR) is 133 cm³/mol. The van der Waals surface area contributed by atoms with Gasteiger partial charge in [-0.05, 0) is 36.6 Å². The highest BCUT2D eigenvalue weighted by Crippen LogP contribution is 2.26. The molecule has 186 valence electrons. The fraction of sp³-hybridized carbons (Fsp3) is 0.333. The van der Waals surface area contributed by atoms with Crippen molar-refractivity contribution in [2.75, 3.05) is 38.8 Å². The van der Waals surface area contributed by atoms with Crippen molar-refractivity contribution in [1.82, 2.24) is 5.32 Å². The minimum absolute atomic E-state index is 0.0498. The van der Waals surface area contributed by atoms with Crippen molar-refractivity contribution in [2.24, 2.45) is 16.5 Å². The smallest absolute Gasteiger partial charge is 0.249 e. The van der Waals surface area contributed by atoms with Crippen LogP contribution in [0.4, 0.5) is 5.69 Å². The number of ether oxygens (including phenoxy) is 3. The van der Waals surface area contributed by atoms with Crippen molar-refractivity contribution in [3.8, 4) is 5.75 Å². The van der Waals surface area contributed by atoms with Crippen LogP contribution in [0.2, 0.25) is 0 Å². The van der Waals surface area contributed by atoms with E-state index in [2.05, 4.69) is 10.3 Å². The number of primary amides is 2. The molecule has 3 rings (SSSR count). The number of rotatable bonds is 13. The molecule has 1 heterocycles. The van der Waals surface area contributed by atoms with E-state index < -0.39 is 11.8 Å². The number of carbonyl (C=O) groups excluding carboxylic acids is 3. The summed E-state index contributed by atoms with van der Waals surface area (Å²) in [5.74, 6) is -0.370. The lowest BCUT2D eigenvalue weighted by Crippen LogP contribution is -2.23. The molecule has 0 unspecified atom stereocenters. The first-order valence-corrected chi connectivity index (χ1v) is 12.0. The number of carbonyl (C=O) groups is 3. The maximum Gasteiger partial charge on any atom is 0.249 e. The average Bonchev–Trinajstić information content (AvgIpc) is 3.23. The van der Waals surface area contributed by atoms with E-state index >= 15 is 0 Å². The lowest BCUT2D eigenvalue weighted by atomic mass is 9.98. The predicted octanol–water partition coefficient (Wildman–Crippen LogP) is 1.70. The first-order chi connectivity index (χ1) is 16.8. The van der Waals surface area contributed by atoms with Crippen LogP contribution in [-0.2, 0) is 20.7 Å². The number of hydrogen-bond donors (Lipinski definition) is 3. The zero-order chi connectivity index (χ0) is 25.2. The molecule has 11 heteroatoms. The van der Waals surface area contributed by atoms with Gasteiger partial charge in [-0.25, -0.2) is 4.99 Å². The molecule has 2 aromatic rings. The second kappa shape index (κ2) is 12.9. The zero-order valence-electron chi connectivity index (χ0n) is 19.4. The summed E-state index contributed by atoms with van der Waals surface area (Å²) in [5.41, 5.74) is 13.3. The number of amidine groups is 1. The molecular weight excluding hydrogens is 472 g/mol. The third-order valence-electron chi connectivity index (χ3n) is 5.02. The minimum Gasteiger partial charge on any atom is -0.491 e. The summed E-state index contributed by atoms with van der Waals surface area (Å²) in [6.07, 6.45) is 0.407. The highest BCUT2D eigenvalue weighted by atomic mass is 32.2. The molecule has 0 spiro atoms. The van der Waals surface area contributed by atoms with Crippen LogP contribution < -0.4 is 21.5 Å². The Morgan fingerprint density at radius 3 is 2.46 bits per heavy atom. The standard InChI is InChI=1S/C24H28N4O6S/c1-15-5-6-17(27-24-28-20(29)14-35-24)13-19(15)34-12-11-33-10-9-32-8-7-16-3-2-4-18(22(25)30)21(16)23(26)31/h2-6,13H,7-12,14H2,1H3,(H2,25,30)(H2,26,31)(H,27,28,29). The fourth-order valence-electron chi connectivity index (χ4n) is 3.34. The number of aryl methyl sites for hydroxylation is 1. The summed E-state index contributed by atoms with van der Waals surface area (Å²) < 4.78 is 16.9. The molecule has 0 aromatic heterocycles. The van der Waals surface area contributed by atoms with Crippen LogP contribution in [0.5, 0.6) is 5.75 Å². The average molecular weight is 501 g/mol. The lowest BCUT2D eigenvalue weighted by molar-refractivity contribution is -0.116. The molecule has 3 amide bonds. The van der Waals surface area contributed by atoms with Gasteiger partial charge in [-0.1, -0.05) is 30.0 Å². The Morgan fingerprint density at radius 2 is 1.77 bits per heavy atom. The summed E-state index contributed by atoms with van der Waals surface area (Å²) >= 11 is 1.37. The highest BCUT2D eigenvalue weighted by molar-refractivity contribution is 8.15. The first kappa shape index (κ1) is 26.2. The van der Waals surface area contributed by atoms with Gasteiger partial charge in [0.25, 0.3) is 0 Å². The van der Waals surface area contributed by atoms with Crippen LogP contribution in [-0.4, -0.2) is 61.7 Å². The first-order valence-electron chi connectivity index (χ1n) is 11.0. The highest BCUT2D eigenvalue weighted by Gasteiger charge is 2.17. The van der Waals surface area contributed by atoms with Gasteiger partial charge < -0.3 is 31.0 Å². The summed E-state index contributed by atoms with van der Waals surface area (Å²) in [7, 11) is 0. The van der Waals surface area contributed by atoms with Gasteiger partial charge in [0.05, 0.1) is 49.0 Å². The van der Waals surface area contributed by atoms with Crippen molar-refractivity contribution in [2.45, 2.75) is 13.3 Å². The van der Waals surface area contributed by atoms with Crippen molar-refractivity contribution in [1.29, 1.82) is 0 Å². The number of nitrogens with two attached hydrogens (primary N) is 2. The molecule has 10 nitrogen and oxygen atoms in total. The van der Waals surface area contributed by atoms with Gasteiger partial charge in [0, 0.05) is 6.07 Å². The molecule has 1 saturated heterocycles. The Kier molecular flexibility index (Phi) is 9.65. The Morgan fingerprint density at radius 1 is 1.03 bits per heavy atom. The van der Waals surface area contributed by atoms with Crippen LogP contribution in [0, 0.1) is 6.92 Å². The molecule has 0 bridgehead atoms. The zero-order valence-corrected chi connectivity index (χ0v) is 20.2. The van der Waals surface area contributed by atoms with Crippen LogP contribution in [0.3, 0.4) is 0 Å². The number of aliphatic imine (C=N–C) groups is 1. The van der Waals surface area contributed by atoms with E-state index in [1.54, 1.807) is 12.1 Å². The Balaban J connectivity index is 1.35. The quantitative estimate of drug-likeness (QED) is 0.354. The molecule has 0 aliphatic carbocycles. The summed E-state index contributed by atoms with van der Waals surface area (Å²) in [6.45, 7) is 3.73. The molecule has 0 atom stereocenters. The Bertz CT molecular complexity index is 1120. The van der Waals surface area contributed by atoms with E-state index in [4.69, 9.17) is 25.7 Å². The van der Waals surface area contributed by atoms with E-state index in [-0.39, 0.29) is 17.0 Å². The number of amides is 3. The van der Waals surface area contributed by atoms with Gasteiger partial charge in [0.1, 0.15) is 12.4 Å². The van der Waals surface area contributed by atoms with Crippen molar-refractivity contribution < 1.29 is 28.6 Å². The van der Waals surface area contributed by atoms with Crippen molar-refractivity contribution in [3.05, 3.63) is 58.7 Å². The molecule has 1 aliphatic rings. The van der Waals surface area contributed by atoms with Gasteiger partial charge in [0.2, 0.25) is 17.7 Å². The second-order valence-corrected chi connectivity index (χ2v) is 8.56. The van der Waals surface area contributed by atoms with Gasteiger partial charge in [-0.3, -0.25) is 14.4 Å².